The molecule has 6 heteroatoms. The molecular formula is C15H16FN3O2. The predicted octanol–water partition coefficient (Wildman–Crippen LogP) is 2.45. The summed E-state index contributed by atoms with van der Waals surface area (Å²) >= 11 is 0. The van der Waals surface area contributed by atoms with Crippen LogP contribution in [0, 0.1) is 5.82 Å². The first kappa shape index (κ1) is 14.9. The number of ether oxygens (including phenoxy) is 1. The van der Waals surface area contributed by atoms with Crippen LogP contribution in [0.25, 0.3) is 0 Å². The Morgan fingerprint density at radius 2 is 2.14 bits per heavy atom. The third kappa shape index (κ3) is 4.52. The number of hydrogen-bond donors (Lipinski definition) is 1. The summed E-state index contributed by atoms with van der Waals surface area (Å²) in [5.41, 5.74) is 1.13. The lowest BCUT2D eigenvalue weighted by Crippen LogP contribution is -2.09. The van der Waals surface area contributed by atoms with Gasteiger partial charge in [0.05, 0.1) is 7.11 Å². The molecule has 0 aliphatic rings. The van der Waals surface area contributed by atoms with E-state index in [1.54, 1.807) is 18.2 Å². The second-order valence-corrected chi connectivity index (χ2v) is 4.46. The molecule has 0 aliphatic carbocycles. The summed E-state index contributed by atoms with van der Waals surface area (Å²) in [5.74, 6) is -0.147. The molecule has 0 fully saturated rings. The van der Waals surface area contributed by atoms with Crippen molar-refractivity contribution in [1.29, 1.82) is 0 Å². The van der Waals surface area contributed by atoms with Crippen LogP contribution in [0.1, 0.15) is 22.5 Å². The van der Waals surface area contributed by atoms with Gasteiger partial charge in [-0.25, -0.2) is 9.18 Å². The summed E-state index contributed by atoms with van der Waals surface area (Å²) in [6.07, 6.45) is 1.61. The van der Waals surface area contributed by atoms with Crippen LogP contribution in [0.3, 0.4) is 0 Å². The van der Waals surface area contributed by atoms with Gasteiger partial charge in [-0.2, -0.15) is 0 Å². The molecule has 2 rings (SSSR count). The van der Waals surface area contributed by atoms with Crippen LogP contribution in [0.5, 0.6) is 0 Å². The van der Waals surface area contributed by atoms with Crippen molar-refractivity contribution in [3.8, 4) is 0 Å². The summed E-state index contributed by atoms with van der Waals surface area (Å²) in [4.78, 5) is 11.2. The normalized spacial score (nSPS) is 10.2. The number of rotatable bonds is 6. The molecular weight excluding hydrogens is 273 g/mol. The van der Waals surface area contributed by atoms with Gasteiger partial charge in [0, 0.05) is 6.54 Å². The van der Waals surface area contributed by atoms with Gasteiger partial charge in [-0.3, -0.25) is 0 Å². The molecule has 2 aromatic rings. The molecule has 110 valence electrons. The van der Waals surface area contributed by atoms with Crippen LogP contribution in [0.4, 0.5) is 10.2 Å². The quantitative estimate of drug-likeness (QED) is 0.653. The highest BCUT2D eigenvalue weighted by molar-refractivity contribution is 5.86. The van der Waals surface area contributed by atoms with Crippen molar-refractivity contribution in [3.05, 3.63) is 53.5 Å². The summed E-state index contributed by atoms with van der Waals surface area (Å²) in [5, 5.41) is 10.7. The molecule has 0 bridgehead atoms. The highest BCUT2D eigenvalue weighted by Gasteiger charge is 2.07. The molecule has 0 radical (unpaired) electrons. The van der Waals surface area contributed by atoms with Crippen LogP contribution >= 0.6 is 0 Å². The zero-order chi connectivity index (χ0) is 15.1. The number of esters is 1. The minimum Gasteiger partial charge on any atom is -0.464 e. The molecule has 0 unspecified atom stereocenters. The van der Waals surface area contributed by atoms with E-state index in [0.29, 0.717) is 12.4 Å². The molecule has 1 aromatic heterocycles. The van der Waals surface area contributed by atoms with E-state index in [-0.39, 0.29) is 11.5 Å². The SMILES string of the molecule is COC(=O)c1ccc(NCCCc2cccc(F)c2)nn1. The van der Waals surface area contributed by atoms with Gasteiger partial charge >= 0.3 is 5.97 Å². The van der Waals surface area contributed by atoms with Gasteiger partial charge in [0.2, 0.25) is 0 Å². The monoisotopic (exact) mass is 289 g/mol. The van der Waals surface area contributed by atoms with Crippen molar-refractivity contribution in [3.63, 3.8) is 0 Å². The van der Waals surface area contributed by atoms with Crippen molar-refractivity contribution in [1.82, 2.24) is 10.2 Å². The van der Waals surface area contributed by atoms with E-state index < -0.39 is 5.97 Å². The maximum absolute atomic E-state index is 13.0. The standard InChI is InChI=1S/C15H16FN3O2/c1-21-15(20)13-7-8-14(19-18-13)17-9-3-5-11-4-2-6-12(16)10-11/h2,4,6-8,10H,3,5,9H2,1H3,(H,17,19). The predicted molar refractivity (Wildman–Crippen MR) is 76.6 cm³/mol. The number of nitrogens with one attached hydrogen (secondary N) is 1. The first-order valence-corrected chi connectivity index (χ1v) is 6.59. The summed E-state index contributed by atoms with van der Waals surface area (Å²) in [7, 11) is 1.29. The molecule has 5 nitrogen and oxygen atoms in total. The van der Waals surface area contributed by atoms with E-state index in [9.17, 15) is 9.18 Å². The summed E-state index contributed by atoms with van der Waals surface area (Å²) in [6.45, 7) is 0.683. The van der Waals surface area contributed by atoms with Gasteiger partial charge in [0.25, 0.3) is 0 Å². The number of halogens is 1. The van der Waals surface area contributed by atoms with Gasteiger partial charge in [0.15, 0.2) is 5.69 Å². The lowest BCUT2D eigenvalue weighted by Gasteiger charge is -2.05. The van der Waals surface area contributed by atoms with Gasteiger partial charge in [-0.05, 0) is 42.7 Å². The number of hydrogen-bond acceptors (Lipinski definition) is 5. The van der Waals surface area contributed by atoms with E-state index in [0.717, 1.165) is 18.4 Å². The number of carbonyl (C=O) groups excluding carboxylic acids is 1. The number of aromatic nitrogens is 2. The molecule has 0 saturated heterocycles. The molecule has 0 amide bonds. The third-order valence-electron chi connectivity index (χ3n) is 2.90. The second kappa shape index (κ2) is 7.33. The Hall–Kier alpha value is -2.50. The second-order valence-electron chi connectivity index (χ2n) is 4.46. The Bertz CT molecular complexity index is 602. The Morgan fingerprint density at radius 3 is 2.81 bits per heavy atom. The van der Waals surface area contributed by atoms with Gasteiger partial charge in [-0.1, -0.05) is 12.1 Å². The van der Waals surface area contributed by atoms with Crippen LogP contribution < -0.4 is 5.32 Å². The number of aryl methyl sites for hydroxylation is 1. The lowest BCUT2D eigenvalue weighted by atomic mass is 10.1. The Morgan fingerprint density at radius 1 is 1.29 bits per heavy atom. The van der Waals surface area contributed by atoms with Gasteiger partial charge in [0.1, 0.15) is 11.6 Å². The fourth-order valence-corrected chi connectivity index (χ4v) is 1.84. The van der Waals surface area contributed by atoms with Crippen LogP contribution in [0.15, 0.2) is 36.4 Å². The number of benzene rings is 1. The highest BCUT2D eigenvalue weighted by Crippen LogP contribution is 2.07. The first-order chi connectivity index (χ1) is 10.2. The zero-order valence-electron chi connectivity index (χ0n) is 11.7. The zero-order valence-corrected chi connectivity index (χ0v) is 11.7. The van der Waals surface area contributed by atoms with Crippen molar-refractivity contribution >= 4 is 11.8 Å². The maximum atomic E-state index is 13.0. The molecule has 0 spiro atoms. The van der Waals surface area contributed by atoms with E-state index in [4.69, 9.17) is 0 Å². The van der Waals surface area contributed by atoms with E-state index >= 15 is 0 Å². The number of anilines is 1. The topological polar surface area (TPSA) is 64.1 Å². The average molecular weight is 289 g/mol. The van der Waals surface area contributed by atoms with Gasteiger partial charge < -0.3 is 10.1 Å². The molecule has 0 aliphatic heterocycles. The van der Waals surface area contributed by atoms with Crippen LogP contribution in [-0.2, 0) is 11.2 Å². The number of nitrogens with zero attached hydrogens (tertiary/aromatic N) is 2. The van der Waals surface area contributed by atoms with E-state index in [1.165, 1.54) is 19.2 Å². The maximum Gasteiger partial charge on any atom is 0.358 e. The van der Waals surface area contributed by atoms with E-state index in [1.807, 2.05) is 6.07 Å². The smallest absolute Gasteiger partial charge is 0.358 e. The molecule has 1 aromatic carbocycles. The largest absolute Gasteiger partial charge is 0.464 e. The van der Waals surface area contributed by atoms with Gasteiger partial charge in [-0.15, -0.1) is 10.2 Å². The van der Waals surface area contributed by atoms with Crippen molar-refractivity contribution in [2.75, 3.05) is 19.0 Å². The Balaban J connectivity index is 1.77. The molecule has 1 heterocycles. The minimum atomic E-state index is -0.514. The van der Waals surface area contributed by atoms with Crippen molar-refractivity contribution in [2.45, 2.75) is 12.8 Å². The average Bonchev–Trinajstić information content (AvgIpc) is 2.51. The molecule has 0 saturated carbocycles. The summed E-state index contributed by atoms with van der Waals surface area (Å²) < 4.78 is 17.5. The first-order valence-electron chi connectivity index (χ1n) is 6.59. The van der Waals surface area contributed by atoms with Crippen LogP contribution in [0.2, 0.25) is 0 Å². The van der Waals surface area contributed by atoms with Crippen molar-refractivity contribution in [2.24, 2.45) is 0 Å². The molecule has 0 atom stereocenters. The Kier molecular flexibility index (Phi) is 5.20. The third-order valence-corrected chi connectivity index (χ3v) is 2.90. The Labute approximate surface area is 122 Å². The van der Waals surface area contributed by atoms with E-state index in [2.05, 4.69) is 20.3 Å². The van der Waals surface area contributed by atoms with Crippen molar-refractivity contribution < 1.29 is 13.9 Å². The summed E-state index contributed by atoms with van der Waals surface area (Å²) in [6, 6.07) is 9.78. The lowest BCUT2D eigenvalue weighted by molar-refractivity contribution is 0.0593. The number of methoxy groups -OCH3 is 1. The fraction of sp³-hybridized carbons (Fsp3) is 0.267. The molecule has 21 heavy (non-hydrogen) atoms. The number of carbonyl (C=O) groups is 1. The minimum absolute atomic E-state index is 0.169. The highest BCUT2D eigenvalue weighted by atomic mass is 19.1. The molecule has 1 N–H and O–H groups in total. The fourth-order valence-electron chi connectivity index (χ4n) is 1.84. The van der Waals surface area contributed by atoms with Crippen LogP contribution in [-0.4, -0.2) is 29.8 Å².